The van der Waals surface area contributed by atoms with Crippen LogP contribution in [0.3, 0.4) is 0 Å². The molecule has 1 aliphatic heterocycles. The van der Waals surface area contributed by atoms with Crippen LogP contribution in [-0.4, -0.2) is 37.1 Å². The number of nitrogens with zero attached hydrogens (tertiary/aromatic N) is 2. The van der Waals surface area contributed by atoms with Crippen LogP contribution in [0.5, 0.6) is 0 Å². The molecule has 1 N–H and O–H groups in total. The minimum atomic E-state index is -0.00282. The normalized spacial score (nSPS) is 14.5. The van der Waals surface area contributed by atoms with E-state index >= 15 is 0 Å². The van der Waals surface area contributed by atoms with Crippen LogP contribution >= 0.6 is 11.6 Å². The molecule has 2 amide bonds. The number of hydrogen-bond donors (Lipinski definition) is 1. The molecular formula is C21H26ClN3O. The predicted octanol–water partition coefficient (Wildman–Crippen LogP) is 4.30. The Morgan fingerprint density at radius 2 is 1.58 bits per heavy atom. The number of nitrogens with one attached hydrogen (secondary N) is 1. The molecule has 138 valence electrons. The fraction of sp³-hybridized carbons (Fsp3) is 0.381. The molecule has 3 rings (SSSR count). The first-order chi connectivity index (χ1) is 12.4. The van der Waals surface area contributed by atoms with E-state index in [9.17, 15) is 4.79 Å². The number of piperazine rings is 1. The van der Waals surface area contributed by atoms with E-state index in [0.29, 0.717) is 11.6 Å². The van der Waals surface area contributed by atoms with Crippen LogP contribution in [0.25, 0.3) is 0 Å². The summed E-state index contributed by atoms with van der Waals surface area (Å²) in [5.41, 5.74) is 6.28. The summed E-state index contributed by atoms with van der Waals surface area (Å²) in [5, 5.41) is 3.70. The summed E-state index contributed by atoms with van der Waals surface area (Å²) < 4.78 is 0. The van der Waals surface area contributed by atoms with Crippen molar-refractivity contribution in [2.75, 3.05) is 31.1 Å². The first-order valence-corrected chi connectivity index (χ1v) is 9.42. The number of anilines is 1. The van der Waals surface area contributed by atoms with Crippen molar-refractivity contribution in [3.8, 4) is 0 Å². The standard InChI is InChI=1S/C21H26ClN3O/c1-15-12-16(2)20(17(3)13-15)24-8-10-25(11-9-24)21(26)23-14-18-4-6-19(22)7-5-18/h4-7,12-13H,8-11,14H2,1-3H3,(H,23,26). The molecule has 0 atom stereocenters. The number of aryl methyl sites for hydroxylation is 3. The van der Waals surface area contributed by atoms with Crippen molar-refractivity contribution in [3.05, 3.63) is 63.7 Å². The third-order valence-electron chi connectivity index (χ3n) is 4.88. The fourth-order valence-corrected chi connectivity index (χ4v) is 3.82. The van der Waals surface area contributed by atoms with E-state index in [1.807, 2.05) is 29.2 Å². The average molecular weight is 372 g/mol. The van der Waals surface area contributed by atoms with Gasteiger partial charge in [0, 0.05) is 43.4 Å². The Labute approximate surface area is 160 Å². The highest BCUT2D eigenvalue weighted by molar-refractivity contribution is 6.30. The van der Waals surface area contributed by atoms with Gasteiger partial charge in [-0.1, -0.05) is 41.4 Å². The van der Waals surface area contributed by atoms with Gasteiger partial charge in [-0.25, -0.2) is 4.79 Å². The van der Waals surface area contributed by atoms with E-state index in [4.69, 9.17) is 11.6 Å². The van der Waals surface area contributed by atoms with Crippen LogP contribution < -0.4 is 10.2 Å². The van der Waals surface area contributed by atoms with Gasteiger partial charge >= 0.3 is 6.03 Å². The highest BCUT2D eigenvalue weighted by atomic mass is 35.5. The van der Waals surface area contributed by atoms with Crippen molar-refractivity contribution in [1.82, 2.24) is 10.2 Å². The van der Waals surface area contributed by atoms with Crippen LogP contribution in [0.15, 0.2) is 36.4 Å². The van der Waals surface area contributed by atoms with E-state index in [1.165, 1.54) is 22.4 Å². The summed E-state index contributed by atoms with van der Waals surface area (Å²) in [6.07, 6.45) is 0. The second kappa shape index (κ2) is 8.00. The van der Waals surface area contributed by atoms with Crippen LogP contribution in [0, 0.1) is 20.8 Å². The Kier molecular flexibility index (Phi) is 5.72. The summed E-state index contributed by atoms with van der Waals surface area (Å²) >= 11 is 5.89. The lowest BCUT2D eigenvalue weighted by atomic mass is 10.0. The largest absolute Gasteiger partial charge is 0.368 e. The molecule has 0 saturated carbocycles. The molecule has 4 nitrogen and oxygen atoms in total. The lowest BCUT2D eigenvalue weighted by Gasteiger charge is -2.37. The van der Waals surface area contributed by atoms with E-state index in [1.54, 1.807) is 0 Å². The number of rotatable bonds is 3. The molecule has 0 bridgehead atoms. The van der Waals surface area contributed by atoms with Crippen molar-refractivity contribution >= 4 is 23.3 Å². The van der Waals surface area contributed by atoms with Crippen molar-refractivity contribution < 1.29 is 4.79 Å². The molecule has 1 aliphatic rings. The Morgan fingerprint density at radius 1 is 1.00 bits per heavy atom. The van der Waals surface area contributed by atoms with Crippen LogP contribution in [0.4, 0.5) is 10.5 Å². The van der Waals surface area contributed by atoms with Gasteiger partial charge < -0.3 is 15.1 Å². The smallest absolute Gasteiger partial charge is 0.317 e. The van der Waals surface area contributed by atoms with Gasteiger partial charge in [0.1, 0.15) is 0 Å². The number of hydrogen-bond acceptors (Lipinski definition) is 2. The lowest BCUT2D eigenvalue weighted by Crippen LogP contribution is -2.52. The molecule has 1 heterocycles. The second-order valence-electron chi connectivity index (χ2n) is 7.01. The first kappa shape index (κ1) is 18.6. The Balaban J connectivity index is 1.55. The van der Waals surface area contributed by atoms with Gasteiger partial charge in [-0.3, -0.25) is 0 Å². The average Bonchev–Trinajstić information content (AvgIpc) is 2.61. The molecule has 0 aromatic heterocycles. The molecule has 0 aliphatic carbocycles. The molecule has 26 heavy (non-hydrogen) atoms. The van der Waals surface area contributed by atoms with Gasteiger partial charge in [0.2, 0.25) is 0 Å². The number of carbonyl (C=O) groups excluding carboxylic acids is 1. The van der Waals surface area contributed by atoms with E-state index < -0.39 is 0 Å². The molecule has 5 heteroatoms. The molecule has 0 spiro atoms. The van der Waals surface area contributed by atoms with Crippen LogP contribution in [0.1, 0.15) is 22.3 Å². The predicted molar refractivity (Wildman–Crippen MR) is 108 cm³/mol. The van der Waals surface area contributed by atoms with Gasteiger partial charge in [-0.2, -0.15) is 0 Å². The van der Waals surface area contributed by atoms with Crippen LogP contribution in [-0.2, 0) is 6.54 Å². The Hall–Kier alpha value is -2.20. The van der Waals surface area contributed by atoms with Crippen molar-refractivity contribution in [2.45, 2.75) is 27.3 Å². The monoisotopic (exact) mass is 371 g/mol. The maximum absolute atomic E-state index is 12.4. The topological polar surface area (TPSA) is 35.6 Å². The molecule has 1 saturated heterocycles. The Morgan fingerprint density at radius 3 is 2.15 bits per heavy atom. The van der Waals surface area contributed by atoms with Gasteiger partial charge in [-0.15, -0.1) is 0 Å². The SMILES string of the molecule is Cc1cc(C)c(N2CCN(C(=O)NCc3ccc(Cl)cc3)CC2)c(C)c1. The number of amides is 2. The van der Waals surface area contributed by atoms with Gasteiger partial charge in [0.05, 0.1) is 0 Å². The summed E-state index contributed by atoms with van der Waals surface area (Å²) in [6, 6.07) is 12.0. The van der Waals surface area contributed by atoms with Crippen molar-refractivity contribution in [3.63, 3.8) is 0 Å². The fourth-order valence-electron chi connectivity index (χ4n) is 3.70. The minimum Gasteiger partial charge on any atom is -0.368 e. The summed E-state index contributed by atoms with van der Waals surface area (Å²) in [6.45, 7) is 10.2. The van der Waals surface area contributed by atoms with Gasteiger partial charge in [0.15, 0.2) is 0 Å². The third-order valence-corrected chi connectivity index (χ3v) is 5.13. The quantitative estimate of drug-likeness (QED) is 0.873. The number of carbonyl (C=O) groups is 1. The minimum absolute atomic E-state index is 0.00282. The number of benzene rings is 2. The van der Waals surface area contributed by atoms with Gasteiger partial charge in [-0.05, 0) is 49.6 Å². The molecule has 0 unspecified atom stereocenters. The van der Waals surface area contributed by atoms with E-state index in [-0.39, 0.29) is 6.03 Å². The summed E-state index contributed by atoms with van der Waals surface area (Å²) in [4.78, 5) is 16.7. The Bertz CT molecular complexity index is 757. The van der Waals surface area contributed by atoms with E-state index in [2.05, 4.69) is 43.1 Å². The van der Waals surface area contributed by atoms with Crippen LogP contribution in [0.2, 0.25) is 5.02 Å². The number of urea groups is 1. The summed E-state index contributed by atoms with van der Waals surface area (Å²) in [5.74, 6) is 0. The summed E-state index contributed by atoms with van der Waals surface area (Å²) in [7, 11) is 0. The zero-order chi connectivity index (χ0) is 18.7. The molecule has 2 aromatic carbocycles. The number of halogens is 1. The van der Waals surface area contributed by atoms with Crippen molar-refractivity contribution in [2.24, 2.45) is 0 Å². The maximum atomic E-state index is 12.4. The molecule has 0 radical (unpaired) electrons. The van der Waals surface area contributed by atoms with E-state index in [0.717, 1.165) is 31.7 Å². The molecular weight excluding hydrogens is 346 g/mol. The zero-order valence-electron chi connectivity index (χ0n) is 15.7. The third kappa shape index (κ3) is 4.31. The maximum Gasteiger partial charge on any atom is 0.317 e. The lowest BCUT2D eigenvalue weighted by molar-refractivity contribution is 0.194. The molecule has 2 aromatic rings. The van der Waals surface area contributed by atoms with Crippen molar-refractivity contribution in [1.29, 1.82) is 0 Å². The zero-order valence-corrected chi connectivity index (χ0v) is 16.4. The second-order valence-corrected chi connectivity index (χ2v) is 7.44. The molecule has 1 fully saturated rings. The highest BCUT2D eigenvalue weighted by Crippen LogP contribution is 2.27. The first-order valence-electron chi connectivity index (χ1n) is 9.04. The highest BCUT2D eigenvalue weighted by Gasteiger charge is 2.22. The van der Waals surface area contributed by atoms with Gasteiger partial charge in [0.25, 0.3) is 0 Å².